The van der Waals surface area contributed by atoms with Crippen molar-refractivity contribution in [3.8, 4) is 5.75 Å². The molecule has 0 bridgehead atoms. The van der Waals surface area contributed by atoms with Crippen LogP contribution in [0.5, 0.6) is 5.75 Å². The minimum atomic E-state index is -1.25. The highest BCUT2D eigenvalue weighted by molar-refractivity contribution is 5.96. The van der Waals surface area contributed by atoms with E-state index in [9.17, 15) is 24.9 Å². The highest BCUT2D eigenvalue weighted by Gasteiger charge is 2.21. The van der Waals surface area contributed by atoms with E-state index in [0.717, 1.165) is 0 Å². The Balaban J connectivity index is 2.56. The Hall–Kier alpha value is -2.12. The molecule has 134 valence electrons. The number of carbonyl (C=O) groups is 2. The number of hydrogen-bond donors (Lipinski definition) is 4. The minimum absolute atomic E-state index is 0.0929. The summed E-state index contributed by atoms with van der Waals surface area (Å²) < 4.78 is 5.06. The van der Waals surface area contributed by atoms with Gasteiger partial charge < -0.3 is 25.4 Å². The average Bonchev–Trinajstić information content (AvgIpc) is 2.43. The van der Waals surface area contributed by atoms with E-state index < -0.39 is 23.9 Å². The van der Waals surface area contributed by atoms with Crippen LogP contribution >= 0.6 is 0 Å². The first-order valence-corrected chi connectivity index (χ1v) is 7.68. The molecule has 0 aliphatic rings. The zero-order valence-corrected chi connectivity index (χ0v) is 14.4. The minimum Gasteiger partial charge on any atom is -0.507 e. The van der Waals surface area contributed by atoms with Gasteiger partial charge in [-0.3, -0.25) is 4.79 Å². The van der Waals surface area contributed by atoms with Crippen molar-refractivity contribution in [1.82, 2.24) is 5.32 Å². The van der Waals surface area contributed by atoms with Crippen LogP contribution in [-0.4, -0.2) is 45.4 Å². The fraction of sp³-hybridized carbons (Fsp3) is 0.529. The number of amides is 1. The van der Waals surface area contributed by atoms with Crippen LogP contribution in [0.1, 0.15) is 56.1 Å². The van der Waals surface area contributed by atoms with Crippen molar-refractivity contribution in [2.75, 3.05) is 6.54 Å². The number of nitrogens with one attached hydrogen (secondary N) is 1. The lowest BCUT2D eigenvalue weighted by molar-refractivity contribution is 0.0122. The number of phenols is 1. The summed E-state index contributed by atoms with van der Waals surface area (Å²) >= 11 is 0. The number of Topliss-reactive ketones (excluding diaryl/α,β-unsaturated/α-hetero) is 1. The fourth-order valence-corrected chi connectivity index (χ4v) is 2.05. The van der Waals surface area contributed by atoms with Crippen molar-refractivity contribution >= 4 is 11.9 Å². The van der Waals surface area contributed by atoms with Gasteiger partial charge in [-0.25, -0.2) is 4.79 Å². The molecular formula is C17H25NO6. The number of alkyl carbamates (subject to hydrolysis) is 1. The van der Waals surface area contributed by atoms with Crippen molar-refractivity contribution in [2.45, 2.75) is 51.9 Å². The third-order valence-electron chi connectivity index (χ3n) is 3.22. The van der Waals surface area contributed by atoms with Crippen molar-refractivity contribution in [1.29, 1.82) is 0 Å². The molecule has 4 N–H and O–H groups in total. The third kappa shape index (κ3) is 6.17. The summed E-state index contributed by atoms with van der Waals surface area (Å²) in [4.78, 5) is 22.7. The van der Waals surface area contributed by atoms with Gasteiger partial charge in [0.15, 0.2) is 5.78 Å². The van der Waals surface area contributed by atoms with E-state index in [2.05, 4.69) is 5.32 Å². The number of hydrogen-bond acceptors (Lipinski definition) is 6. The van der Waals surface area contributed by atoms with E-state index >= 15 is 0 Å². The predicted molar refractivity (Wildman–Crippen MR) is 87.9 cm³/mol. The maximum atomic E-state index is 11.5. The topological polar surface area (TPSA) is 116 Å². The van der Waals surface area contributed by atoms with Gasteiger partial charge in [-0.05, 0) is 51.8 Å². The van der Waals surface area contributed by atoms with Gasteiger partial charge in [0.25, 0.3) is 0 Å². The summed E-state index contributed by atoms with van der Waals surface area (Å²) in [6.07, 6.45) is -2.91. The number of ether oxygens (including phenoxy) is 1. The second-order valence-corrected chi connectivity index (χ2v) is 6.56. The first-order chi connectivity index (χ1) is 11.0. The Morgan fingerprint density at radius 2 is 1.88 bits per heavy atom. The van der Waals surface area contributed by atoms with E-state index in [4.69, 9.17) is 4.74 Å². The first kappa shape index (κ1) is 19.9. The molecule has 2 unspecified atom stereocenters. The van der Waals surface area contributed by atoms with Crippen molar-refractivity contribution in [3.05, 3.63) is 29.3 Å². The molecule has 1 aromatic carbocycles. The van der Waals surface area contributed by atoms with E-state index in [-0.39, 0.29) is 35.6 Å². The lowest BCUT2D eigenvalue weighted by Crippen LogP contribution is -2.34. The van der Waals surface area contributed by atoms with Crippen LogP contribution in [0.3, 0.4) is 0 Å². The Labute approximate surface area is 141 Å². The molecule has 1 amide bonds. The Morgan fingerprint density at radius 1 is 1.25 bits per heavy atom. The zero-order valence-electron chi connectivity index (χ0n) is 14.4. The molecule has 7 nitrogen and oxygen atoms in total. The van der Waals surface area contributed by atoms with Crippen molar-refractivity contribution < 1.29 is 29.6 Å². The van der Waals surface area contributed by atoms with E-state index in [1.165, 1.54) is 25.1 Å². The molecule has 0 heterocycles. The maximum absolute atomic E-state index is 11.5. The second kappa shape index (κ2) is 8.12. The number of phenolic OH excluding ortho intramolecular Hbond substituents is 1. The summed E-state index contributed by atoms with van der Waals surface area (Å²) in [7, 11) is 0. The van der Waals surface area contributed by atoms with Gasteiger partial charge in [-0.15, -0.1) is 0 Å². The molecule has 2 atom stereocenters. The third-order valence-corrected chi connectivity index (χ3v) is 3.22. The lowest BCUT2D eigenvalue weighted by Gasteiger charge is -2.21. The van der Waals surface area contributed by atoms with E-state index in [1.54, 1.807) is 20.8 Å². The molecule has 0 aliphatic carbocycles. The molecule has 0 aliphatic heterocycles. The Bertz CT molecular complexity index is 593. The SMILES string of the molecule is CC(=O)c1ccc(C(O)C(O)CCNC(=O)OC(C)(C)C)cc1O. The maximum Gasteiger partial charge on any atom is 0.407 e. The number of rotatable bonds is 6. The molecule has 0 spiro atoms. The smallest absolute Gasteiger partial charge is 0.407 e. The highest BCUT2D eigenvalue weighted by atomic mass is 16.6. The summed E-state index contributed by atoms with van der Waals surface area (Å²) in [5.74, 6) is -0.547. The molecular weight excluding hydrogens is 314 g/mol. The molecule has 24 heavy (non-hydrogen) atoms. The molecule has 0 aromatic heterocycles. The quantitative estimate of drug-likeness (QED) is 0.588. The van der Waals surface area contributed by atoms with Gasteiger partial charge in [0.05, 0.1) is 11.7 Å². The molecule has 1 rings (SSSR count). The lowest BCUT2D eigenvalue weighted by atomic mass is 9.99. The van der Waals surface area contributed by atoms with Gasteiger partial charge in [0.1, 0.15) is 17.5 Å². The van der Waals surface area contributed by atoms with Crippen LogP contribution in [0.15, 0.2) is 18.2 Å². The van der Waals surface area contributed by atoms with Crippen LogP contribution in [0.2, 0.25) is 0 Å². The van der Waals surface area contributed by atoms with Gasteiger partial charge in [-0.2, -0.15) is 0 Å². The summed E-state index contributed by atoms with van der Waals surface area (Å²) in [5, 5.41) is 32.3. The van der Waals surface area contributed by atoms with Gasteiger partial charge >= 0.3 is 6.09 Å². The van der Waals surface area contributed by atoms with Gasteiger partial charge in [0.2, 0.25) is 0 Å². The van der Waals surface area contributed by atoms with Crippen molar-refractivity contribution in [2.24, 2.45) is 0 Å². The number of ketones is 1. The molecule has 0 saturated heterocycles. The molecule has 0 fully saturated rings. The second-order valence-electron chi connectivity index (χ2n) is 6.56. The number of carbonyl (C=O) groups excluding carboxylic acids is 2. The molecule has 0 radical (unpaired) electrons. The highest BCUT2D eigenvalue weighted by Crippen LogP contribution is 2.26. The molecule has 7 heteroatoms. The predicted octanol–water partition coefficient (Wildman–Crippen LogP) is 1.90. The standard InChI is InChI=1S/C17H25NO6/c1-10(19)12-6-5-11(9-14(12)21)15(22)13(20)7-8-18-16(23)24-17(2,3)4/h5-6,9,13,15,20-22H,7-8H2,1-4H3,(H,18,23). The van der Waals surface area contributed by atoms with E-state index in [0.29, 0.717) is 0 Å². The summed E-state index contributed by atoms with van der Waals surface area (Å²) in [6.45, 7) is 6.65. The number of aromatic hydroxyl groups is 1. The normalized spacial score (nSPS) is 13.9. The summed E-state index contributed by atoms with van der Waals surface area (Å²) in [6, 6.07) is 4.10. The molecule has 0 saturated carbocycles. The number of aliphatic hydroxyl groups excluding tert-OH is 2. The monoisotopic (exact) mass is 339 g/mol. The van der Waals surface area contributed by atoms with Gasteiger partial charge in [-0.1, -0.05) is 6.07 Å². The van der Waals surface area contributed by atoms with Crippen LogP contribution in [0, 0.1) is 0 Å². The van der Waals surface area contributed by atoms with Crippen LogP contribution in [0.25, 0.3) is 0 Å². The van der Waals surface area contributed by atoms with Crippen molar-refractivity contribution in [3.63, 3.8) is 0 Å². The number of benzene rings is 1. The van der Waals surface area contributed by atoms with E-state index in [1.807, 2.05) is 0 Å². The Kier molecular flexibility index (Phi) is 6.74. The fourth-order valence-electron chi connectivity index (χ4n) is 2.05. The average molecular weight is 339 g/mol. The van der Waals surface area contributed by atoms with Crippen LogP contribution in [-0.2, 0) is 4.74 Å². The van der Waals surface area contributed by atoms with Gasteiger partial charge in [0, 0.05) is 6.54 Å². The number of aliphatic hydroxyl groups is 2. The Morgan fingerprint density at radius 3 is 2.38 bits per heavy atom. The largest absolute Gasteiger partial charge is 0.507 e. The first-order valence-electron chi connectivity index (χ1n) is 7.68. The zero-order chi connectivity index (χ0) is 18.5. The summed E-state index contributed by atoms with van der Waals surface area (Å²) in [5.41, 5.74) is -0.188. The van der Waals surface area contributed by atoms with Crippen LogP contribution in [0.4, 0.5) is 4.79 Å². The molecule has 1 aromatic rings. The van der Waals surface area contributed by atoms with Crippen LogP contribution < -0.4 is 5.32 Å².